The average Bonchev–Trinajstić information content (AvgIpc) is 2.53. The normalized spacial score (nSPS) is 10.7. The summed E-state index contributed by atoms with van der Waals surface area (Å²) in [5.74, 6) is 3.03. The molecular formula is C17H24N4. The molecule has 0 amide bonds. The zero-order valence-electron chi connectivity index (χ0n) is 13.3. The number of nitrogens with zero attached hydrogens (tertiary/aromatic N) is 3. The summed E-state index contributed by atoms with van der Waals surface area (Å²) in [4.78, 5) is 11.4. The Morgan fingerprint density at radius 2 is 1.86 bits per heavy atom. The topological polar surface area (TPSA) is 41.0 Å². The second-order valence-corrected chi connectivity index (χ2v) is 5.53. The monoisotopic (exact) mass is 284 g/mol. The number of benzene rings is 1. The number of nitrogens with one attached hydrogen (secondary N) is 1. The van der Waals surface area contributed by atoms with Gasteiger partial charge >= 0.3 is 0 Å². The molecule has 0 atom stereocenters. The predicted octanol–water partition coefficient (Wildman–Crippen LogP) is 3.32. The van der Waals surface area contributed by atoms with Crippen LogP contribution in [0.4, 0.5) is 11.6 Å². The molecule has 0 unspecified atom stereocenters. The minimum absolute atomic E-state index is 0.319. The van der Waals surface area contributed by atoms with Crippen LogP contribution in [0.5, 0.6) is 0 Å². The van der Waals surface area contributed by atoms with Crippen LogP contribution < -0.4 is 10.2 Å². The molecule has 1 aromatic heterocycles. The summed E-state index contributed by atoms with van der Waals surface area (Å²) in [5.41, 5.74) is 1.34. The van der Waals surface area contributed by atoms with Crippen molar-refractivity contribution in [3.63, 3.8) is 0 Å². The second kappa shape index (κ2) is 7.07. The molecule has 0 radical (unpaired) electrons. The van der Waals surface area contributed by atoms with Gasteiger partial charge in [0.2, 0.25) is 0 Å². The molecule has 1 heterocycles. The highest BCUT2D eigenvalue weighted by molar-refractivity contribution is 5.49. The molecule has 112 valence electrons. The molecule has 0 fully saturated rings. The van der Waals surface area contributed by atoms with Crippen LogP contribution in [0.1, 0.15) is 31.2 Å². The smallest absolute Gasteiger partial charge is 0.135 e. The third-order valence-electron chi connectivity index (χ3n) is 3.47. The van der Waals surface area contributed by atoms with Crippen molar-refractivity contribution in [3.05, 3.63) is 47.8 Å². The molecular weight excluding hydrogens is 260 g/mol. The van der Waals surface area contributed by atoms with Crippen molar-refractivity contribution >= 4 is 11.6 Å². The van der Waals surface area contributed by atoms with Gasteiger partial charge in [0, 0.05) is 32.6 Å². The fraction of sp³-hybridized carbons (Fsp3) is 0.412. The molecule has 0 aliphatic carbocycles. The summed E-state index contributed by atoms with van der Waals surface area (Å²) in [5, 5.41) is 3.11. The van der Waals surface area contributed by atoms with Crippen LogP contribution in [0.25, 0.3) is 0 Å². The van der Waals surface area contributed by atoms with Gasteiger partial charge in [0.1, 0.15) is 17.5 Å². The van der Waals surface area contributed by atoms with Crippen molar-refractivity contribution in [3.8, 4) is 0 Å². The fourth-order valence-corrected chi connectivity index (χ4v) is 2.09. The molecule has 1 N–H and O–H groups in total. The van der Waals surface area contributed by atoms with E-state index in [1.54, 1.807) is 0 Å². The quantitative estimate of drug-likeness (QED) is 0.883. The van der Waals surface area contributed by atoms with E-state index in [-0.39, 0.29) is 0 Å². The number of rotatable bonds is 6. The summed E-state index contributed by atoms with van der Waals surface area (Å²) in [7, 11) is 3.97. The number of aromatic nitrogens is 2. The third kappa shape index (κ3) is 4.18. The van der Waals surface area contributed by atoms with Crippen LogP contribution in [0.3, 0.4) is 0 Å². The summed E-state index contributed by atoms with van der Waals surface area (Å²) < 4.78 is 0. The van der Waals surface area contributed by atoms with Crippen molar-refractivity contribution < 1.29 is 0 Å². The lowest BCUT2D eigenvalue weighted by Crippen LogP contribution is -2.22. The van der Waals surface area contributed by atoms with E-state index < -0.39 is 0 Å². The van der Waals surface area contributed by atoms with E-state index in [0.717, 1.165) is 30.4 Å². The van der Waals surface area contributed by atoms with Crippen LogP contribution in [0.15, 0.2) is 36.4 Å². The van der Waals surface area contributed by atoms with Crippen molar-refractivity contribution in [1.82, 2.24) is 9.97 Å². The summed E-state index contributed by atoms with van der Waals surface area (Å²) in [6.07, 6.45) is 1.01. The van der Waals surface area contributed by atoms with E-state index in [2.05, 4.69) is 65.3 Å². The molecule has 0 saturated heterocycles. The Balaban J connectivity index is 2.11. The number of anilines is 2. The summed E-state index contributed by atoms with van der Waals surface area (Å²) in [6, 6.07) is 12.5. The van der Waals surface area contributed by atoms with Gasteiger partial charge in [0.05, 0.1) is 0 Å². The van der Waals surface area contributed by atoms with Gasteiger partial charge in [-0.15, -0.1) is 0 Å². The maximum atomic E-state index is 4.67. The molecule has 4 nitrogen and oxygen atoms in total. The first kappa shape index (κ1) is 15.3. The van der Waals surface area contributed by atoms with Crippen LogP contribution in [0.2, 0.25) is 0 Å². The number of likely N-dealkylation sites (N-methyl/N-ethyl adjacent to an activating group) is 1. The molecule has 0 aliphatic rings. The van der Waals surface area contributed by atoms with Crippen LogP contribution in [-0.4, -0.2) is 30.6 Å². The van der Waals surface area contributed by atoms with E-state index in [4.69, 9.17) is 0 Å². The summed E-state index contributed by atoms with van der Waals surface area (Å²) >= 11 is 0. The van der Waals surface area contributed by atoms with Gasteiger partial charge in [0.25, 0.3) is 0 Å². The standard InChI is InChI=1S/C17H24N4/c1-13(2)17-19-15(18-3)12-16(20-17)21(4)11-10-14-8-6-5-7-9-14/h5-9,12-13H,10-11H2,1-4H3,(H,18,19,20). The first-order valence-electron chi connectivity index (χ1n) is 7.42. The lowest BCUT2D eigenvalue weighted by atomic mass is 10.1. The largest absolute Gasteiger partial charge is 0.373 e. The Morgan fingerprint density at radius 1 is 1.14 bits per heavy atom. The third-order valence-corrected chi connectivity index (χ3v) is 3.47. The van der Waals surface area contributed by atoms with Crippen LogP contribution >= 0.6 is 0 Å². The van der Waals surface area contributed by atoms with Gasteiger partial charge in [-0.2, -0.15) is 0 Å². The average molecular weight is 284 g/mol. The van der Waals surface area contributed by atoms with Gasteiger partial charge in [-0.1, -0.05) is 44.2 Å². The molecule has 2 aromatic rings. The molecule has 21 heavy (non-hydrogen) atoms. The molecule has 1 aromatic carbocycles. The van der Waals surface area contributed by atoms with Crippen molar-refractivity contribution in [2.24, 2.45) is 0 Å². The second-order valence-electron chi connectivity index (χ2n) is 5.53. The molecule has 2 rings (SSSR count). The Morgan fingerprint density at radius 3 is 2.48 bits per heavy atom. The van der Waals surface area contributed by atoms with Crippen molar-refractivity contribution in [2.75, 3.05) is 30.9 Å². The van der Waals surface area contributed by atoms with E-state index in [9.17, 15) is 0 Å². The molecule has 4 heteroatoms. The number of hydrogen-bond donors (Lipinski definition) is 1. The van der Waals surface area contributed by atoms with Crippen LogP contribution in [0, 0.1) is 0 Å². The molecule has 0 aliphatic heterocycles. The Bertz CT molecular complexity index is 566. The zero-order chi connectivity index (χ0) is 15.2. The van der Waals surface area contributed by atoms with Crippen LogP contribution in [-0.2, 0) is 6.42 Å². The fourth-order valence-electron chi connectivity index (χ4n) is 2.09. The SMILES string of the molecule is CNc1cc(N(C)CCc2ccccc2)nc(C(C)C)n1. The lowest BCUT2D eigenvalue weighted by molar-refractivity contribution is 0.762. The van der Waals surface area contributed by atoms with Gasteiger partial charge in [-0.25, -0.2) is 9.97 Å². The minimum atomic E-state index is 0.319. The highest BCUT2D eigenvalue weighted by atomic mass is 15.2. The van der Waals surface area contributed by atoms with E-state index in [1.807, 2.05) is 19.2 Å². The Kier molecular flexibility index (Phi) is 5.14. The first-order valence-corrected chi connectivity index (χ1v) is 7.42. The summed E-state index contributed by atoms with van der Waals surface area (Å²) in [6.45, 7) is 5.16. The van der Waals surface area contributed by atoms with E-state index >= 15 is 0 Å². The minimum Gasteiger partial charge on any atom is -0.373 e. The molecule has 0 saturated carbocycles. The first-order chi connectivity index (χ1) is 10.1. The van der Waals surface area contributed by atoms with Gasteiger partial charge in [-0.05, 0) is 12.0 Å². The van der Waals surface area contributed by atoms with E-state index in [0.29, 0.717) is 5.92 Å². The Hall–Kier alpha value is -2.10. The van der Waals surface area contributed by atoms with Crippen molar-refractivity contribution in [2.45, 2.75) is 26.2 Å². The predicted molar refractivity (Wildman–Crippen MR) is 89.1 cm³/mol. The molecule has 0 bridgehead atoms. The Labute approximate surface area is 127 Å². The highest BCUT2D eigenvalue weighted by Crippen LogP contribution is 2.19. The number of hydrogen-bond acceptors (Lipinski definition) is 4. The maximum absolute atomic E-state index is 4.67. The van der Waals surface area contributed by atoms with Gasteiger partial charge in [-0.3, -0.25) is 0 Å². The van der Waals surface area contributed by atoms with Gasteiger partial charge < -0.3 is 10.2 Å². The van der Waals surface area contributed by atoms with Gasteiger partial charge in [0.15, 0.2) is 0 Å². The lowest BCUT2D eigenvalue weighted by Gasteiger charge is -2.20. The van der Waals surface area contributed by atoms with E-state index in [1.165, 1.54) is 5.56 Å². The van der Waals surface area contributed by atoms with Crippen molar-refractivity contribution in [1.29, 1.82) is 0 Å². The maximum Gasteiger partial charge on any atom is 0.135 e. The molecule has 0 spiro atoms. The zero-order valence-corrected chi connectivity index (χ0v) is 13.3. The highest BCUT2D eigenvalue weighted by Gasteiger charge is 2.10.